The van der Waals surface area contributed by atoms with Gasteiger partial charge in [-0.2, -0.15) is 4.98 Å². The first-order chi connectivity index (χ1) is 14.6. The molecule has 156 valence electrons. The molecular formula is C22H23N3O5. The molecule has 30 heavy (non-hydrogen) atoms. The lowest BCUT2D eigenvalue weighted by Gasteiger charge is -2.18. The zero-order valence-corrected chi connectivity index (χ0v) is 17.1. The quantitative estimate of drug-likeness (QED) is 0.588. The van der Waals surface area contributed by atoms with Gasteiger partial charge in [-0.1, -0.05) is 5.16 Å². The summed E-state index contributed by atoms with van der Waals surface area (Å²) in [5, 5.41) is 4.09. The van der Waals surface area contributed by atoms with Crippen LogP contribution in [0.5, 0.6) is 17.2 Å². The Balaban J connectivity index is 1.51. The van der Waals surface area contributed by atoms with Crippen LogP contribution in [0, 0.1) is 0 Å². The number of methoxy groups -OCH3 is 2. The van der Waals surface area contributed by atoms with Crippen LogP contribution in [0.15, 0.2) is 47.0 Å². The van der Waals surface area contributed by atoms with Crippen molar-refractivity contribution in [3.63, 3.8) is 0 Å². The number of rotatable bonds is 7. The molecule has 0 aliphatic carbocycles. The van der Waals surface area contributed by atoms with E-state index in [0.717, 1.165) is 17.0 Å². The van der Waals surface area contributed by atoms with E-state index in [0.29, 0.717) is 42.8 Å². The van der Waals surface area contributed by atoms with E-state index in [2.05, 4.69) is 10.1 Å². The van der Waals surface area contributed by atoms with Gasteiger partial charge in [0.1, 0.15) is 5.75 Å². The van der Waals surface area contributed by atoms with E-state index in [1.165, 1.54) is 0 Å². The molecule has 1 amide bonds. The van der Waals surface area contributed by atoms with Gasteiger partial charge in [0.25, 0.3) is 0 Å². The molecule has 1 fully saturated rings. The molecule has 3 aromatic rings. The molecule has 8 nitrogen and oxygen atoms in total. The van der Waals surface area contributed by atoms with Gasteiger partial charge in [0.2, 0.25) is 17.6 Å². The molecule has 0 spiro atoms. The highest BCUT2D eigenvalue weighted by molar-refractivity contribution is 5.96. The van der Waals surface area contributed by atoms with E-state index in [-0.39, 0.29) is 11.8 Å². The molecule has 1 aliphatic rings. The molecule has 2 aromatic carbocycles. The molecule has 8 heteroatoms. The first kappa shape index (κ1) is 19.8. The maximum absolute atomic E-state index is 12.6. The highest BCUT2D eigenvalue weighted by Crippen LogP contribution is 2.36. The predicted molar refractivity (Wildman–Crippen MR) is 110 cm³/mol. The average molecular weight is 409 g/mol. The number of carbonyl (C=O) groups excluding carboxylic acids is 1. The van der Waals surface area contributed by atoms with Crippen LogP contribution in [0.25, 0.3) is 11.4 Å². The highest BCUT2D eigenvalue weighted by Gasteiger charge is 2.35. The summed E-state index contributed by atoms with van der Waals surface area (Å²) in [7, 11) is 3.14. The van der Waals surface area contributed by atoms with Crippen LogP contribution in [-0.2, 0) is 4.79 Å². The van der Waals surface area contributed by atoms with Crippen molar-refractivity contribution in [3.05, 3.63) is 48.4 Å². The van der Waals surface area contributed by atoms with E-state index in [1.807, 2.05) is 37.3 Å². The lowest BCUT2D eigenvalue weighted by atomic mass is 10.1. The number of hydrogen-bond acceptors (Lipinski definition) is 7. The molecule has 2 heterocycles. The smallest absolute Gasteiger partial charge is 0.232 e. The molecular weight excluding hydrogens is 386 g/mol. The SMILES string of the molecule is CCOc1ccc(-c2noc(C3CC(=O)N(c4ccc(OC)c(OC)c4)C3)n2)cc1. The number of benzene rings is 2. The first-order valence-corrected chi connectivity index (χ1v) is 9.72. The van der Waals surface area contributed by atoms with Gasteiger partial charge in [-0.3, -0.25) is 4.79 Å². The summed E-state index contributed by atoms with van der Waals surface area (Å²) < 4.78 is 21.5. The zero-order valence-electron chi connectivity index (χ0n) is 17.1. The van der Waals surface area contributed by atoms with Gasteiger partial charge < -0.3 is 23.6 Å². The maximum atomic E-state index is 12.6. The Bertz CT molecular complexity index is 1030. The topological polar surface area (TPSA) is 86.9 Å². The Morgan fingerprint density at radius 2 is 1.87 bits per heavy atom. The third-order valence-corrected chi connectivity index (χ3v) is 5.02. The minimum absolute atomic E-state index is 0.00645. The van der Waals surface area contributed by atoms with E-state index in [1.54, 1.807) is 31.3 Å². The van der Waals surface area contributed by atoms with Crippen LogP contribution in [-0.4, -0.2) is 43.4 Å². The van der Waals surface area contributed by atoms with Gasteiger partial charge >= 0.3 is 0 Å². The van der Waals surface area contributed by atoms with E-state index < -0.39 is 0 Å². The van der Waals surface area contributed by atoms with E-state index in [4.69, 9.17) is 18.7 Å². The summed E-state index contributed by atoms with van der Waals surface area (Å²) in [4.78, 5) is 18.9. The normalized spacial score (nSPS) is 16.0. The lowest BCUT2D eigenvalue weighted by Crippen LogP contribution is -2.24. The van der Waals surface area contributed by atoms with Crippen molar-refractivity contribution < 1.29 is 23.5 Å². The van der Waals surface area contributed by atoms with Gasteiger partial charge in [-0.25, -0.2) is 0 Å². The van der Waals surface area contributed by atoms with Crippen LogP contribution in [0.1, 0.15) is 25.2 Å². The fourth-order valence-electron chi connectivity index (χ4n) is 3.50. The van der Waals surface area contributed by atoms with Crippen LogP contribution >= 0.6 is 0 Å². The second kappa shape index (κ2) is 8.44. The molecule has 1 aromatic heterocycles. The monoisotopic (exact) mass is 409 g/mol. The largest absolute Gasteiger partial charge is 0.494 e. The Labute approximate surface area is 174 Å². The van der Waals surface area contributed by atoms with Crippen LogP contribution < -0.4 is 19.1 Å². The first-order valence-electron chi connectivity index (χ1n) is 9.72. The van der Waals surface area contributed by atoms with Crippen molar-refractivity contribution in [2.75, 3.05) is 32.3 Å². The molecule has 1 aliphatic heterocycles. The number of aromatic nitrogens is 2. The summed E-state index contributed by atoms with van der Waals surface area (Å²) in [6.45, 7) is 3.00. The maximum Gasteiger partial charge on any atom is 0.232 e. The molecule has 0 bridgehead atoms. The molecule has 0 N–H and O–H groups in total. The number of anilines is 1. The predicted octanol–water partition coefficient (Wildman–Crippen LogP) is 3.67. The number of carbonyl (C=O) groups is 1. The van der Waals surface area contributed by atoms with E-state index in [9.17, 15) is 4.79 Å². The van der Waals surface area contributed by atoms with Crippen LogP contribution in [0.3, 0.4) is 0 Å². The third-order valence-electron chi connectivity index (χ3n) is 5.02. The molecule has 1 atom stereocenters. The molecule has 0 saturated carbocycles. The number of hydrogen-bond donors (Lipinski definition) is 0. The van der Waals surface area contributed by atoms with Crippen molar-refractivity contribution in [3.8, 4) is 28.6 Å². The second-order valence-corrected chi connectivity index (χ2v) is 6.86. The van der Waals surface area contributed by atoms with Gasteiger partial charge in [0.15, 0.2) is 11.5 Å². The Morgan fingerprint density at radius 3 is 2.57 bits per heavy atom. The second-order valence-electron chi connectivity index (χ2n) is 6.86. The Hall–Kier alpha value is -3.55. The fraction of sp³-hybridized carbons (Fsp3) is 0.318. The standard InChI is InChI=1S/C22H23N3O5/c1-4-29-17-8-5-14(6-9-17)21-23-22(30-24-21)15-11-20(26)25(13-15)16-7-10-18(27-2)19(12-16)28-3/h5-10,12,15H,4,11,13H2,1-3H3. The van der Waals surface area contributed by atoms with Crippen molar-refractivity contribution in [2.45, 2.75) is 19.3 Å². The minimum Gasteiger partial charge on any atom is -0.494 e. The summed E-state index contributed by atoms with van der Waals surface area (Å²) in [5.74, 6) is 2.74. The highest BCUT2D eigenvalue weighted by atomic mass is 16.5. The zero-order chi connectivity index (χ0) is 21.1. The number of nitrogens with zero attached hydrogens (tertiary/aromatic N) is 3. The van der Waals surface area contributed by atoms with Crippen molar-refractivity contribution >= 4 is 11.6 Å². The van der Waals surface area contributed by atoms with Gasteiger partial charge in [0, 0.05) is 30.3 Å². The fourth-order valence-corrected chi connectivity index (χ4v) is 3.50. The Kier molecular flexibility index (Phi) is 5.56. The minimum atomic E-state index is -0.172. The van der Waals surface area contributed by atoms with Crippen LogP contribution in [0.4, 0.5) is 5.69 Å². The van der Waals surface area contributed by atoms with Gasteiger partial charge in [-0.15, -0.1) is 0 Å². The number of ether oxygens (including phenoxy) is 3. The molecule has 1 unspecified atom stereocenters. The molecule has 4 rings (SSSR count). The van der Waals surface area contributed by atoms with E-state index >= 15 is 0 Å². The van der Waals surface area contributed by atoms with Gasteiger partial charge in [0.05, 0.1) is 26.7 Å². The van der Waals surface area contributed by atoms with Crippen molar-refractivity contribution in [1.82, 2.24) is 10.1 Å². The van der Waals surface area contributed by atoms with Crippen molar-refractivity contribution in [1.29, 1.82) is 0 Å². The van der Waals surface area contributed by atoms with Gasteiger partial charge in [-0.05, 0) is 43.3 Å². The number of amides is 1. The molecule has 0 radical (unpaired) electrons. The average Bonchev–Trinajstić information content (AvgIpc) is 3.41. The lowest BCUT2D eigenvalue weighted by molar-refractivity contribution is -0.117. The molecule has 1 saturated heterocycles. The summed E-state index contributed by atoms with van der Waals surface area (Å²) in [6, 6.07) is 12.9. The van der Waals surface area contributed by atoms with Crippen molar-refractivity contribution in [2.24, 2.45) is 0 Å². The third kappa shape index (κ3) is 3.80. The van der Waals surface area contributed by atoms with Crippen LogP contribution in [0.2, 0.25) is 0 Å². The summed E-state index contributed by atoms with van der Waals surface area (Å²) >= 11 is 0. The summed E-state index contributed by atoms with van der Waals surface area (Å²) in [5.41, 5.74) is 1.57. The summed E-state index contributed by atoms with van der Waals surface area (Å²) in [6.07, 6.45) is 0.305. The Morgan fingerprint density at radius 1 is 1.10 bits per heavy atom.